The number of aryl methyl sites for hydroxylation is 1. The van der Waals surface area contributed by atoms with Crippen molar-refractivity contribution >= 4 is 29.7 Å². The summed E-state index contributed by atoms with van der Waals surface area (Å²) in [6.45, 7) is 15.9. The van der Waals surface area contributed by atoms with E-state index in [0.717, 1.165) is 54.5 Å². The zero-order valence-electron chi connectivity index (χ0n) is 30.8. The summed E-state index contributed by atoms with van der Waals surface area (Å²) in [5.74, 6) is -0.231. The maximum absolute atomic E-state index is 14.4. The number of anilines is 1. The van der Waals surface area contributed by atoms with Gasteiger partial charge in [0, 0.05) is 27.1 Å². The van der Waals surface area contributed by atoms with Crippen LogP contribution in [0.2, 0.25) is 0 Å². The fourth-order valence-electron chi connectivity index (χ4n) is 5.94. The lowest BCUT2D eigenvalue weighted by Crippen LogP contribution is -2.53. The van der Waals surface area contributed by atoms with E-state index in [1.807, 2.05) is 56.0 Å². The molecule has 9 heteroatoms. The van der Waals surface area contributed by atoms with E-state index in [0.29, 0.717) is 24.4 Å². The van der Waals surface area contributed by atoms with Crippen LogP contribution in [0, 0.1) is 18.8 Å². The third kappa shape index (κ3) is 11.7. The molecule has 1 saturated carbocycles. The summed E-state index contributed by atoms with van der Waals surface area (Å²) in [5.41, 5.74) is 2.70. The van der Waals surface area contributed by atoms with Crippen LogP contribution in [0.4, 0.5) is 10.5 Å². The number of carbonyl (C=O) groups is 3. The van der Waals surface area contributed by atoms with Crippen molar-refractivity contribution in [3.05, 3.63) is 71.8 Å². The van der Waals surface area contributed by atoms with Gasteiger partial charge in [-0.2, -0.15) is 0 Å². The number of hydrogen-bond donors (Lipinski definition) is 1. The van der Waals surface area contributed by atoms with Crippen LogP contribution in [0.15, 0.2) is 55.1 Å². The minimum Gasteiger partial charge on any atom is -0.497 e. The largest absolute Gasteiger partial charge is 0.497 e. The SMILES string of the molecule is C=CCCC/C=C\c1cc(CN(C(=O)[C@@H]2C[C@H](C(=O)Nc3c(C)cccc3OC)CN(C(=O)OC(C)(C)C)C2)C2CC2)cc(OC)c1.CC.[HH]. The Labute approximate surface area is 295 Å². The highest BCUT2D eigenvalue weighted by atomic mass is 16.6. The van der Waals surface area contributed by atoms with Gasteiger partial charge in [-0.25, -0.2) is 4.79 Å². The third-order valence-electron chi connectivity index (χ3n) is 8.46. The first-order chi connectivity index (χ1) is 23.4. The Kier molecular flexibility index (Phi) is 14.8. The van der Waals surface area contributed by atoms with Crippen LogP contribution in [-0.2, 0) is 20.9 Å². The molecule has 0 unspecified atom stereocenters. The van der Waals surface area contributed by atoms with E-state index in [9.17, 15) is 14.4 Å². The van der Waals surface area contributed by atoms with E-state index >= 15 is 0 Å². The number of amides is 3. The molecule has 3 amide bonds. The Morgan fingerprint density at radius 1 is 1.04 bits per heavy atom. The van der Waals surface area contributed by atoms with Crippen LogP contribution in [0.5, 0.6) is 11.5 Å². The van der Waals surface area contributed by atoms with E-state index in [4.69, 9.17) is 14.2 Å². The Bertz CT molecular complexity index is 1470. The van der Waals surface area contributed by atoms with E-state index in [2.05, 4.69) is 30.1 Å². The zero-order chi connectivity index (χ0) is 36.1. The molecule has 1 heterocycles. The second kappa shape index (κ2) is 18.5. The number of likely N-dealkylation sites (tertiary alicyclic amines) is 1. The quantitative estimate of drug-likeness (QED) is 0.168. The first-order valence-electron chi connectivity index (χ1n) is 17.6. The smallest absolute Gasteiger partial charge is 0.410 e. The Balaban J connectivity index is 0.00000284. The summed E-state index contributed by atoms with van der Waals surface area (Å²) < 4.78 is 16.8. The molecule has 1 saturated heterocycles. The van der Waals surface area contributed by atoms with Gasteiger partial charge in [0.15, 0.2) is 0 Å². The molecule has 9 nitrogen and oxygen atoms in total. The van der Waals surface area contributed by atoms with E-state index < -0.39 is 23.5 Å². The van der Waals surface area contributed by atoms with Crippen molar-refractivity contribution < 1.29 is 30.0 Å². The molecule has 49 heavy (non-hydrogen) atoms. The average Bonchev–Trinajstić information content (AvgIpc) is 3.93. The number of allylic oxidation sites excluding steroid dienone is 2. The van der Waals surface area contributed by atoms with Gasteiger partial charge >= 0.3 is 6.09 Å². The summed E-state index contributed by atoms with van der Waals surface area (Å²) in [4.78, 5) is 44.9. The molecular formula is C40H59N3O6. The third-order valence-corrected chi connectivity index (χ3v) is 8.46. The van der Waals surface area contributed by atoms with Gasteiger partial charge in [-0.1, -0.05) is 44.2 Å². The molecule has 1 aliphatic carbocycles. The minimum absolute atomic E-state index is 0. The number of nitrogens with one attached hydrogen (secondary N) is 1. The van der Waals surface area contributed by atoms with Gasteiger partial charge in [-0.3, -0.25) is 9.59 Å². The summed E-state index contributed by atoms with van der Waals surface area (Å²) in [5, 5.41) is 3.02. The number of unbranched alkanes of at least 4 members (excludes halogenated alkanes) is 2. The maximum atomic E-state index is 14.4. The molecule has 2 aromatic carbocycles. The molecule has 2 aromatic rings. The Morgan fingerprint density at radius 3 is 2.39 bits per heavy atom. The second-order valence-electron chi connectivity index (χ2n) is 13.6. The van der Waals surface area contributed by atoms with Crippen molar-refractivity contribution in [3.63, 3.8) is 0 Å². The van der Waals surface area contributed by atoms with E-state index in [1.165, 1.54) is 4.90 Å². The first-order valence-corrected chi connectivity index (χ1v) is 17.6. The molecule has 4 rings (SSSR count). The lowest BCUT2D eigenvalue weighted by molar-refractivity contribution is -0.140. The van der Waals surface area contributed by atoms with Gasteiger partial charge in [-0.15, -0.1) is 6.58 Å². The Morgan fingerprint density at radius 2 is 1.76 bits per heavy atom. The van der Waals surface area contributed by atoms with Crippen LogP contribution < -0.4 is 14.8 Å². The summed E-state index contributed by atoms with van der Waals surface area (Å²) in [6.07, 6.45) is 10.8. The molecule has 0 bridgehead atoms. The van der Waals surface area contributed by atoms with Crippen molar-refractivity contribution in [1.82, 2.24) is 9.80 Å². The van der Waals surface area contributed by atoms with Gasteiger partial charge in [0.1, 0.15) is 17.1 Å². The number of carbonyl (C=O) groups excluding carboxylic acids is 3. The predicted octanol–water partition coefficient (Wildman–Crippen LogP) is 8.66. The van der Waals surface area contributed by atoms with Gasteiger partial charge in [0.05, 0.1) is 31.7 Å². The molecule has 0 spiro atoms. The molecule has 2 aliphatic rings. The standard InChI is InChI=1S/C38H51N3O6.C2H6.H2/c1-8-9-10-11-12-15-27-19-28(21-32(20-27)45-6)23-41(31-17-18-31)36(43)30-22-29(24-40(25-30)37(44)47-38(3,4)5)35(42)39-34-26(2)14-13-16-33(34)46-7;1-2;/h8,12-16,19-21,29-31H,1,9-11,17-18,22-25H2,2-7H3,(H,39,42);1-2H3;1H/b15-12-;;/t29-,30+;;/m0../s1. The fraction of sp³-hybridized carbons (Fsp3) is 0.525. The van der Waals surface area contributed by atoms with Gasteiger partial charge in [0.25, 0.3) is 0 Å². The summed E-state index contributed by atoms with van der Waals surface area (Å²) >= 11 is 0. The lowest BCUT2D eigenvalue weighted by atomic mass is 9.87. The lowest BCUT2D eigenvalue weighted by Gasteiger charge is -2.39. The second-order valence-corrected chi connectivity index (χ2v) is 13.6. The number of methoxy groups -OCH3 is 2. The average molecular weight is 678 g/mol. The number of nitrogens with zero attached hydrogens (tertiary/aromatic N) is 2. The maximum Gasteiger partial charge on any atom is 0.410 e. The fourth-order valence-corrected chi connectivity index (χ4v) is 5.94. The highest BCUT2D eigenvalue weighted by Crippen LogP contribution is 2.35. The summed E-state index contributed by atoms with van der Waals surface area (Å²) in [7, 11) is 3.20. The van der Waals surface area contributed by atoms with Gasteiger partial charge < -0.3 is 29.3 Å². The topological polar surface area (TPSA) is 97.4 Å². The molecule has 2 atom stereocenters. The van der Waals surface area contributed by atoms with Gasteiger partial charge in [-0.05, 0) is 107 Å². The van der Waals surface area contributed by atoms with E-state index in [-0.39, 0.29) is 32.4 Å². The van der Waals surface area contributed by atoms with Gasteiger partial charge in [0.2, 0.25) is 11.8 Å². The van der Waals surface area contributed by atoms with Crippen molar-refractivity contribution in [3.8, 4) is 11.5 Å². The van der Waals surface area contributed by atoms with Crippen LogP contribution >= 0.6 is 0 Å². The zero-order valence-corrected chi connectivity index (χ0v) is 30.8. The molecule has 2 fully saturated rings. The molecular weight excluding hydrogens is 618 g/mol. The highest BCUT2D eigenvalue weighted by Gasteiger charge is 2.43. The van der Waals surface area contributed by atoms with Crippen molar-refractivity contribution in [1.29, 1.82) is 0 Å². The number of rotatable bonds is 13. The first kappa shape index (κ1) is 39.2. The number of para-hydroxylation sites is 1. The summed E-state index contributed by atoms with van der Waals surface area (Å²) in [6, 6.07) is 11.7. The number of piperidine rings is 1. The van der Waals surface area contributed by atoms with Crippen LogP contribution in [0.1, 0.15) is 91.3 Å². The number of benzene rings is 2. The van der Waals surface area contributed by atoms with Crippen molar-refractivity contribution in [2.45, 2.75) is 98.3 Å². The van der Waals surface area contributed by atoms with Crippen molar-refractivity contribution in [2.75, 3.05) is 32.6 Å². The number of hydrogen-bond acceptors (Lipinski definition) is 6. The van der Waals surface area contributed by atoms with Crippen molar-refractivity contribution in [2.24, 2.45) is 11.8 Å². The molecule has 1 N–H and O–H groups in total. The Hall–Kier alpha value is -4.27. The monoisotopic (exact) mass is 677 g/mol. The predicted molar refractivity (Wildman–Crippen MR) is 199 cm³/mol. The van der Waals surface area contributed by atoms with Crippen LogP contribution in [-0.4, -0.2) is 66.7 Å². The molecule has 0 radical (unpaired) electrons. The molecule has 270 valence electrons. The van der Waals surface area contributed by atoms with Crippen LogP contribution in [0.25, 0.3) is 6.08 Å². The highest BCUT2D eigenvalue weighted by molar-refractivity contribution is 5.96. The normalized spacial score (nSPS) is 17.4. The van der Waals surface area contributed by atoms with Crippen LogP contribution in [0.3, 0.4) is 0 Å². The minimum atomic E-state index is -0.718. The molecule has 0 aromatic heterocycles. The molecule has 1 aliphatic heterocycles. The van der Waals surface area contributed by atoms with E-state index in [1.54, 1.807) is 41.1 Å². The number of ether oxygens (including phenoxy) is 3.